The monoisotopic (exact) mass is 447 g/mol. The van der Waals surface area contributed by atoms with Crippen LogP contribution >= 0.6 is 11.3 Å². The Kier molecular flexibility index (Phi) is 4.93. The zero-order valence-corrected chi connectivity index (χ0v) is 17.8. The topological polar surface area (TPSA) is 72.7 Å². The van der Waals surface area contributed by atoms with Gasteiger partial charge in [-0.3, -0.25) is 9.12 Å². The molecule has 0 amide bonds. The summed E-state index contributed by atoms with van der Waals surface area (Å²) in [5, 5.41) is 1.98. The molecule has 31 heavy (non-hydrogen) atoms. The molecule has 0 aliphatic carbocycles. The van der Waals surface area contributed by atoms with Gasteiger partial charge in [-0.1, -0.05) is 30.3 Å². The van der Waals surface area contributed by atoms with Crippen molar-refractivity contribution in [3.05, 3.63) is 96.6 Å². The molecule has 0 saturated heterocycles. The van der Waals surface area contributed by atoms with Gasteiger partial charge in [0.05, 0.1) is 10.6 Å². The van der Waals surface area contributed by atoms with Crippen molar-refractivity contribution in [2.24, 2.45) is 0 Å². The second kappa shape index (κ2) is 7.90. The minimum absolute atomic E-state index is 0.159. The molecular weight excluding hydrogens is 430 g/mol. The van der Waals surface area contributed by atoms with Crippen molar-refractivity contribution < 1.29 is 13.2 Å². The van der Waals surface area contributed by atoms with Gasteiger partial charge in [-0.15, -0.1) is 11.3 Å². The Bertz CT molecular complexity index is 1390. The fourth-order valence-corrected chi connectivity index (χ4v) is 4.86. The minimum atomic E-state index is -3.72. The number of thiazole rings is 1. The van der Waals surface area contributed by atoms with Gasteiger partial charge in [0.25, 0.3) is 10.0 Å². The lowest BCUT2D eigenvalue weighted by molar-refractivity contribution is 0.482. The lowest BCUT2D eigenvalue weighted by Gasteiger charge is -2.10. The average Bonchev–Trinajstić information content (AvgIpc) is 3.38. The molecule has 5 aromatic rings. The number of hydrogen-bond donors (Lipinski definition) is 1. The van der Waals surface area contributed by atoms with Crippen LogP contribution in [-0.4, -0.2) is 17.8 Å². The molecule has 0 aliphatic rings. The molecule has 2 aromatic heterocycles. The largest absolute Gasteiger partial charge is 0.457 e. The highest BCUT2D eigenvalue weighted by Crippen LogP contribution is 2.26. The molecule has 0 spiro atoms. The first-order valence-electron chi connectivity index (χ1n) is 9.45. The molecule has 0 atom stereocenters. The molecule has 0 bridgehead atoms. The summed E-state index contributed by atoms with van der Waals surface area (Å²) in [7, 11) is -3.72. The van der Waals surface area contributed by atoms with Crippen LogP contribution in [-0.2, 0) is 10.0 Å². The number of aromatic nitrogens is 2. The zero-order valence-electron chi connectivity index (χ0n) is 16.2. The van der Waals surface area contributed by atoms with Crippen LogP contribution in [0.5, 0.6) is 11.5 Å². The molecule has 0 aliphatic heterocycles. The highest BCUT2D eigenvalue weighted by molar-refractivity contribution is 7.92. The third-order valence-corrected chi connectivity index (χ3v) is 6.81. The van der Waals surface area contributed by atoms with Crippen LogP contribution in [0.15, 0.2) is 102 Å². The van der Waals surface area contributed by atoms with Gasteiger partial charge in [0, 0.05) is 29.0 Å². The third kappa shape index (κ3) is 4.16. The van der Waals surface area contributed by atoms with E-state index in [-0.39, 0.29) is 4.90 Å². The molecule has 154 valence electrons. The van der Waals surface area contributed by atoms with Crippen LogP contribution in [0.4, 0.5) is 5.69 Å². The number of rotatable bonds is 6. The van der Waals surface area contributed by atoms with Crippen molar-refractivity contribution in [2.45, 2.75) is 4.90 Å². The van der Waals surface area contributed by atoms with E-state index in [1.807, 2.05) is 64.6 Å². The summed E-state index contributed by atoms with van der Waals surface area (Å²) in [5.74, 6) is 1.25. The SMILES string of the molecule is O=S(=O)(Nc1ccc(-c2cn3ccsc3n2)cc1)c1ccc(Oc2ccccc2)cc1. The van der Waals surface area contributed by atoms with E-state index in [1.165, 1.54) is 12.1 Å². The summed E-state index contributed by atoms with van der Waals surface area (Å²) >= 11 is 1.56. The van der Waals surface area contributed by atoms with Crippen LogP contribution in [0.25, 0.3) is 16.2 Å². The Balaban J connectivity index is 1.30. The molecule has 2 heterocycles. The number of hydrogen-bond acceptors (Lipinski definition) is 5. The van der Waals surface area contributed by atoms with Gasteiger partial charge in [0.1, 0.15) is 11.5 Å². The fraction of sp³-hybridized carbons (Fsp3) is 0. The summed E-state index contributed by atoms with van der Waals surface area (Å²) in [6.07, 6.45) is 3.90. The maximum absolute atomic E-state index is 12.7. The van der Waals surface area contributed by atoms with Crippen molar-refractivity contribution in [1.82, 2.24) is 9.38 Å². The van der Waals surface area contributed by atoms with Crippen molar-refractivity contribution in [1.29, 1.82) is 0 Å². The van der Waals surface area contributed by atoms with Crippen molar-refractivity contribution in [3.63, 3.8) is 0 Å². The van der Waals surface area contributed by atoms with E-state index in [1.54, 1.807) is 35.6 Å². The molecule has 6 nitrogen and oxygen atoms in total. The lowest BCUT2D eigenvalue weighted by atomic mass is 10.1. The predicted molar refractivity (Wildman–Crippen MR) is 122 cm³/mol. The van der Waals surface area contributed by atoms with Gasteiger partial charge in [-0.25, -0.2) is 13.4 Å². The summed E-state index contributed by atoms with van der Waals surface area (Å²) in [5.41, 5.74) is 2.24. The van der Waals surface area contributed by atoms with Gasteiger partial charge in [0.2, 0.25) is 0 Å². The van der Waals surface area contributed by atoms with E-state index >= 15 is 0 Å². The lowest BCUT2D eigenvalue weighted by Crippen LogP contribution is -2.12. The number of fused-ring (bicyclic) bond motifs is 1. The van der Waals surface area contributed by atoms with Crippen molar-refractivity contribution in [2.75, 3.05) is 4.72 Å². The summed E-state index contributed by atoms with van der Waals surface area (Å²) in [4.78, 5) is 5.64. The highest BCUT2D eigenvalue weighted by atomic mass is 32.2. The van der Waals surface area contributed by atoms with E-state index < -0.39 is 10.0 Å². The van der Waals surface area contributed by atoms with Gasteiger partial charge in [0.15, 0.2) is 4.96 Å². The predicted octanol–water partition coefficient (Wildman–Crippen LogP) is 5.66. The first-order valence-corrected chi connectivity index (χ1v) is 11.8. The fourth-order valence-electron chi connectivity index (χ4n) is 3.10. The van der Waals surface area contributed by atoms with Gasteiger partial charge < -0.3 is 4.74 Å². The zero-order chi connectivity index (χ0) is 21.3. The molecule has 0 saturated carbocycles. The number of ether oxygens (including phenoxy) is 1. The number of sulfonamides is 1. The number of anilines is 1. The first kappa shape index (κ1) is 19.3. The van der Waals surface area contributed by atoms with Crippen LogP contribution in [0.1, 0.15) is 0 Å². The first-order chi connectivity index (χ1) is 15.1. The molecule has 5 rings (SSSR count). The Morgan fingerprint density at radius 1 is 0.871 bits per heavy atom. The number of nitrogens with zero attached hydrogens (tertiary/aromatic N) is 2. The van der Waals surface area contributed by atoms with Crippen LogP contribution in [0, 0.1) is 0 Å². The standard InChI is InChI=1S/C23H17N3O3S2/c27-31(28,21-12-10-20(11-13-21)29-19-4-2-1-3-5-19)25-18-8-6-17(7-9-18)22-16-26-14-15-30-23(26)24-22/h1-16,25H. The van der Waals surface area contributed by atoms with Crippen molar-refractivity contribution in [3.8, 4) is 22.8 Å². The molecule has 1 N–H and O–H groups in total. The number of benzene rings is 3. The molecule has 0 radical (unpaired) electrons. The van der Waals surface area contributed by atoms with Crippen molar-refractivity contribution >= 4 is 32.0 Å². The van der Waals surface area contributed by atoms with E-state index in [2.05, 4.69) is 9.71 Å². The second-order valence-electron chi connectivity index (χ2n) is 6.79. The highest BCUT2D eigenvalue weighted by Gasteiger charge is 2.15. The van der Waals surface area contributed by atoms with E-state index in [0.29, 0.717) is 17.2 Å². The Hall–Kier alpha value is -3.62. The number of nitrogens with one attached hydrogen (secondary N) is 1. The Morgan fingerprint density at radius 2 is 1.58 bits per heavy atom. The third-order valence-electron chi connectivity index (χ3n) is 4.64. The molecule has 0 fully saturated rings. The maximum atomic E-state index is 12.7. The average molecular weight is 448 g/mol. The molecular formula is C23H17N3O3S2. The number of imidazole rings is 1. The maximum Gasteiger partial charge on any atom is 0.261 e. The van der Waals surface area contributed by atoms with Gasteiger partial charge in [-0.2, -0.15) is 0 Å². The normalized spacial score (nSPS) is 11.5. The summed E-state index contributed by atoms with van der Waals surface area (Å²) in [6.45, 7) is 0. The second-order valence-corrected chi connectivity index (χ2v) is 9.34. The van der Waals surface area contributed by atoms with E-state index in [0.717, 1.165) is 16.2 Å². The molecule has 3 aromatic carbocycles. The van der Waals surface area contributed by atoms with Crippen LogP contribution in [0.3, 0.4) is 0 Å². The number of para-hydroxylation sites is 1. The van der Waals surface area contributed by atoms with Crippen LogP contribution in [0.2, 0.25) is 0 Å². The molecule has 0 unspecified atom stereocenters. The van der Waals surface area contributed by atoms with Gasteiger partial charge in [-0.05, 0) is 48.5 Å². The quantitative estimate of drug-likeness (QED) is 0.365. The van der Waals surface area contributed by atoms with Gasteiger partial charge >= 0.3 is 0 Å². The molecule has 8 heteroatoms. The smallest absolute Gasteiger partial charge is 0.261 e. The Morgan fingerprint density at radius 3 is 2.29 bits per heavy atom. The Labute approximate surface area is 183 Å². The summed E-state index contributed by atoms with van der Waals surface area (Å²) < 4.78 is 35.8. The minimum Gasteiger partial charge on any atom is -0.457 e. The van der Waals surface area contributed by atoms with E-state index in [9.17, 15) is 8.42 Å². The van der Waals surface area contributed by atoms with E-state index in [4.69, 9.17) is 4.74 Å². The van der Waals surface area contributed by atoms with Crippen LogP contribution < -0.4 is 9.46 Å². The summed E-state index contributed by atoms with van der Waals surface area (Å²) in [6, 6.07) is 22.8.